The molecule has 1 aliphatic rings. The van der Waals surface area contributed by atoms with Crippen molar-refractivity contribution >= 4 is 15.9 Å². The third-order valence-corrected chi connectivity index (χ3v) is 6.43. The SMILES string of the molecule is O=C(c1cccc(C(F)(F)F)c1)N1CCN(S(=O)(=O)c2c(F)cccc2F)CC1. The number of halogens is 5. The molecule has 1 aliphatic heterocycles. The largest absolute Gasteiger partial charge is 0.416 e. The van der Waals surface area contributed by atoms with Gasteiger partial charge in [0.05, 0.1) is 5.56 Å². The van der Waals surface area contributed by atoms with Gasteiger partial charge in [0.2, 0.25) is 10.0 Å². The van der Waals surface area contributed by atoms with Gasteiger partial charge < -0.3 is 4.90 Å². The van der Waals surface area contributed by atoms with Crippen LogP contribution in [0.2, 0.25) is 0 Å². The Kier molecular flexibility index (Phi) is 5.63. The molecule has 1 fully saturated rings. The molecule has 0 spiro atoms. The van der Waals surface area contributed by atoms with Gasteiger partial charge in [0, 0.05) is 31.7 Å². The lowest BCUT2D eigenvalue weighted by molar-refractivity contribution is -0.137. The predicted octanol–water partition coefficient (Wildman–Crippen LogP) is 3.13. The van der Waals surface area contributed by atoms with Gasteiger partial charge in [0.1, 0.15) is 11.6 Å². The average Bonchev–Trinajstić information content (AvgIpc) is 2.66. The molecular weight excluding hydrogens is 419 g/mol. The number of carbonyl (C=O) groups excluding carboxylic acids is 1. The van der Waals surface area contributed by atoms with Crippen molar-refractivity contribution in [2.45, 2.75) is 11.1 Å². The third-order valence-electron chi connectivity index (χ3n) is 4.48. The summed E-state index contributed by atoms with van der Waals surface area (Å²) in [7, 11) is -4.47. The lowest BCUT2D eigenvalue weighted by Gasteiger charge is -2.34. The van der Waals surface area contributed by atoms with Crippen molar-refractivity contribution in [2.75, 3.05) is 26.2 Å². The van der Waals surface area contributed by atoms with Gasteiger partial charge in [-0.1, -0.05) is 12.1 Å². The van der Waals surface area contributed by atoms with E-state index in [1.54, 1.807) is 0 Å². The molecule has 5 nitrogen and oxygen atoms in total. The highest BCUT2D eigenvalue weighted by atomic mass is 32.2. The highest BCUT2D eigenvalue weighted by molar-refractivity contribution is 7.89. The van der Waals surface area contributed by atoms with E-state index in [2.05, 4.69) is 0 Å². The highest BCUT2D eigenvalue weighted by Crippen LogP contribution is 2.30. The highest BCUT2D eigenvalue weighted by Gasteiger charge is 2.35. The first-order valence-corrected chi connectivity index (χ1v) is 9.86. The van der Waals surface area contributed by atoms with Crippen LogP contribution in [0.4, 0.5) is 22.0 Å². The van der Waals surface area contributed by atoms with Gasteiger partial charge in [0.25, 0.3) is 5.91 Å². The molecule has 11 heteroatoms. The Morgan fingerprint density at radius 2 is 1.45 bits per heavy atom. The van der Waals surface area contributed by atoms with Gasteiger partial charge in [0.15, 0.2) is 4.90 Å². The first kappa shape index (κ1) is 21.2. The van der Waals surface area contributed by atoms with Crippen molar-refractivity contribution in [3.8, 4) is 0 Å². The first-order chi connectivity index (χ1) is 13.5. The normalized spacial score (nSPS) is 16.1. The number of hydrogen-bond acceptors (Lipinski definition) is 3. The zero-order valence-electron chi connectivity index (χ0n) is 14.8. The smallest absolute Gasteiger partial charge is 0.336 e. The molecule has 0 radical (unpaired) electrons. The number of benzene rings is 2. The number of hydrogen-bond donors (Lipinski definition) is 0. The number of nitrogens with zero attached hydrogens (tertiary/aromatic N) is 2. The summed E-state index contributed by atoms with van der Waals surface area (Å²) in [6.45, 7) is -0.767. The van der Waals surface area contributed by atoms with Crippen LogP contribution in [0, 0.1) is 11.6 Å². The van der Waals surface area contributed by atoms with Crippen molar-refractivity contribution in [3.05, 3.63) is 65.2 Å². The van der Waals surface area contributed by atoms with Crippen molar-refractivity contribution in [3.63, 3.8) is 0 Å². The van der Waals surface area contributed by atoms with Crippen molar-refractivity contribution in [1.82, 2.24) is 9.21 Å². The van der Waals surface area contributed by atoms with Crippen molar-refractivity contribution < 1.29 is 35.2 Å². The van der Waals surface area contributed by atoms with Crippen LogP contribution < -0.4 is 0 Å². The molecular formula is C18H15F5N2O3S. The number of carbonyl (C=O) groups is 1. The van der Waals surface area contributed by atoms with Gasteiger partial charge in [-0.3, -0.25) is 4.79 Å². The molecule has 1 amide bonds. The van der Waals surface area contributed by atoms with E-state index in [9.17, 15) is 35.2 Å². The molecule has 1 saturated heterocycles. The fraction of sp³-hybridized carbons (Fsp3) is 0.278. The Bertz CT molecular complexity index is 1010. The van der Waals surface area contributed by atoms with Gasteiger partial charge in [-0.25, -0.2) is 17.2 Å². The molecule has 0 atom stereocenters. The molecule has 3 rings (SSSR count). The standard InChI is InChI=1S/C18H15F5N2O3S/c19-14-5-2-6-15(20)16(14)29(27,28)25-9-7-24(8-10-25)17(26)12-3-1-4-13(11-12)18(21,22)23/h1-6,11H,7-10H2. The van der Waals surface area contributed by atoms with Crippen LogP contribution in [0.5, 0.6) is 0 Å². The number of sulfonamides is 1. The molecule has 0 N–H and O–H groups in total. The molecule has 0 aromatic heterocycles. The van der Waals surface area contributed by atoms with E-state index >= 15 is 0 Å². The minimum absolute atomic E-state index is 0.135. The van der Waals surface area contributed by atoms with E-state index in [1.165, 1.54) is 11.0 Å². The Morgan fingerprint density at radius 1 is 0.897 bits per heavy atom. The lowest BCUT2D eigenvalue weighted by atomic mass is 10.1. The zero-order chi connectivity index (χ0) is 21.4. The van der Waals surface area contributed by atoms with E-state index in [-0.39, 0.29) is 31.7 Å². The molecule has 0 bridgehead atoms. The maximum atomic E-state index is 13.9. The summed E-state index contributed by atoms with van der Waals surface area (Å²) in [6.07, 6.45) is -4.60. The number of rotatable bonds is 3. The monoisotopic (exact) mass is 434 g/mol. The second-order valence-corrected chi connectivity index (χ2v) is 8.20. The second kappa shape index (κ2) is 7.71. The summed E-state index contributed by atoms with van der Waals surface area (Å²) in [4.78, 5) is 12.6. The van der Waals surface area contributed by atoms with E-state index < -0.39 is 44.2 Å². The second-order valence-electron chi connectivity index (χ2n) is 6.33. The quantitative estimate of drug-likeness (QED) is 0.698. The van der Waals surface area contributed by atoms with E-state index in [0.29, 0.717) is 0 Å². The minimum Gasteiger partial charge on any atom is -0.336 e. The van der Waals surface area contributed by atoms with Crippen molar-refractivity contribution in [2.24, 2.45) is 0 Å². The molecule has 2 aromatic carbocycles. The average molecular weight is 434 g/mol. The Hall–Kier alpha value is -2.53. The van der Waals surface area contributed by atoms with Crippen LogP contribution in [-0.2, 0) is 16.2 Å². The van der Waals surface area contributed by atoms with Crippen LogP contribution in [0.15, 0.2) is 47.4 Å². The Labute approximate surface area is 163 Å². The molecule has 0 saturated carbocycles. The maximum Gasteiger partial charge on any atom is 0.416 e. The van der Waals surface area contributed by atoms with Crippen LogP contribution in [-0.4, -0.2) is 49.7 Å². The van der Waals surface area contributed by atoms with E-state index in [0.717, 1.165) is 40.7 Å². The number of amides is 1. The summed E-state index contributed by atoms with van der Waals surface area (Å²) in [5, 5.41) is 0. The van der Waals surface area contributed by atoms with Gasteiger partial charge in [-0.2, -0.15) is 17.5 Å². The van der Waals surface area contributed by atoms with Gasteiger partial charge in [-0.05, 0) is 30.3 Å². The third kappa shape index (κ3) is 4.25. The van der Waals surface area contributed by atoms with Crippen LogP contribution in [0.3, 0.4) is 0 Å². The summed E-state index contributed by atoms with van der Waals surface area (Å²) < 4.78 is 92.1. The molecule has 0 aliphatic carbocycles. The summed E-state index contributed by atoms with van der Waals surface area (Å²) in [5.74, 6) is -3.15. The van der Waals surface area contributed by atoms with E-state index in [1.807, 2.05) is 0 Å². The molecule has 156 valence electrons. The van der Waals surface area contributed by atoms with Gasteiger partial charge in [-0.15, -0.1) is 0 Å². The summed E-state index contributed by atoms with van der Waals surface area (Å²) in [5.41, 5.74) is -1.16. The van der Waals surface area contributed by atoms with Crippen LogP contribution in [0.1, 0.15) is 15.9 Å². The number of alkyl halides is 3. The van der Waals surface area contributed by atoms with Crippen molar-refractivity contribution in [1.29, 1.82) is 0 Å². The van der Waals surface area contributed by atoms with Crippen LogP contribution >= 0.6 is 0 Å². The fourth-order valence-corrected chi connectivity index (χ4v) is 4.53. The Balaban J connectivity index is 1.75. The van der Waals surface area contributed by atoms with E-state index in [4.69, 9.17) is 0 Å². The first-order valence-electron chi connectivity index (χ1n) is 8.42. The predicted molar refractivity (Wildman–Crippen MR) is 92.5 cm³/mol. The van der Waals surface area contributed by atoms with Gasteiger partial charge >= 0.3 is 6.18 Å². The maximum absolute atomic E-state index is 13.9. The molecule has 2 aromatic rings. The number of piperazine rings is 1. The summed E-state index contributed by atoms with van der Waals surface area (Å²) >= 11 is 0. The molecule has 0 unspecified atom stereocenters. The fourth-order valence-electron chi connectivity index (χ4n) is 3.00. The lowest BCUT2D eigenvalue weighted by Crippen LogP contribution is -2.50. The minimum atomic E-state index is -4.60. The van der Waals surface area contributed by atoms with Crippen LogP contribution in [0.25, 0.3) is 0 Å². The molecule has 1 heterocycles. The summed E-state index contributed by atoms with van der Waals surface area (Å²) in [6, 6.07) is 6.58. The zero-order valence-corrected chi connectivity index (χ0v) is 15.6. The topological polar surface area (TPSA) is 57.7 Å². The Morgan fingerprint density at radius 3 is 2.00 bits per heavy atom. The molecule has 29 heavy (non-hydrogen) atoms.